The topological polar surface area (TPSA) is 76.2 Å². The average Bonchev–Trinajstić information content (AvgIpc) is 3.03. The highest BCUT2D eigenvalue weighted by atomic mass is 16.4. The van der Waals surface area contributed by atoms with Crippen LogP contribution in [0, 0.1) is 0 Å². The van der Waals surface area contributed by atoms with Crippen LogP contribution >= 0.6 is 0 Å². The SMILES string of the molecule is O=C(O)c1ccc(-c2nnc(CCc3ccccc3)o2)cc1. The van der Waals surface area contributed by atoms with E-state index in [1.165, 1.54) is 17.7 Å². The van der Waals surface area contributed by atoms with E-state index in [-0.39, 0.29) is 5.56 Å². The number of aromatic nitrogens is 2. The van der Waals surface area contributed by atoms with Crippen LogP contribution < -0.4 is 0 Å². The average molecular weight is 294 g/mol. The molecule has 22 heavy (non-hydrogen) atoms. The quantitative estimate of drug-likeness (QED) is 0.782. The summed E-state index contributed by atoms with van der Waals surface area (Å²) in [5.74, 6) is 0.0155. The molecule has 110 valence electrons. The van der Waals surface area contributed by atoms with Crippen molar-refractivity contribution >= 4 is 5.97 Å². The number of aromatic carboxylic acids is 1. The summed E-state index contributed by atoms with van der Waals surface area (Å²) in [6, 6.07) is 16.5. The minimum Gasteiger partial charge on any atom is -0.478 e. The van der Waals surface area contributed by atoms with Gasteiger partial charge in [-0.05, 0) is 36.2 Å². The van der Waals surface area contributed by atoms with E-state index >= 15 is 0 Å². The zero-order valence-corrected chi connectivity index (χ0v) is 11.8. The Kier molecular flexibility index (Phi) is 3.96. The van der Waals surface area contributed by atoms with Gasteiger partial charge >= 0.3 is 5.97 Å². The van der Waals surface area contributed by atoms with E-state index in [1.54, 1.807) is 12.1 Å². The third kappa shape index (κ3) is 3.20. The van der Waals surface area contributed by atoms with E-state index in [0.29, 0.717) is 23.8 Å². The first-order valence-corrected chi connectivity index (χ1v) is 6.92. The number of carboxylic acid groups (broad SMARTS) is 1. The summed E-state index contributed by atoms with van der Waals surface area (Å²) in [6.45, 7) is 0. The van der Waals surface area contributed by atoms with Crippen molar-refractivity contribution in [2.24, 2.45) is 0 Å². The Morgan fingerprint density at radius 3 is 2.36 bits per heavy atom. The molecule has 3 rings (SSSR count). The summed E-state index contributed by atoms with van der Waals surface area (Å²) in [7, 11) is 0. The molecule has 0 fully saturated rings. The number of hydrogen-bond acceptors (Lipinski definition) is 4. The molecule has 1 heterocycles. The minimum absolute atomic E-state index is 0.229. The maximum atomic E-state index is 10.8. The van der Waals surface area contributed by atoms with Crippen molar-refractivity contribution in [2.75, 3.05) is 0 Å². The van der Waals surface area contributed by atoms with E-state index in [0.717, 1.165) is 6.42 Å². The number of hydrogen-bond donors (Lipinski definition) is 1. The summed E-state index contributed by atoms with van der Waals surface area (Å²) in [5.41, 5.74) is 2.16. The zero-order chi connectivity index (χ0) is 15.4. The van der Waals surface area contributed by atoms with E-state index in [1.807, 2.05) is 18.2 Å². The predicted octanol–water partition coefficient (Wildman–Crippen LogP) is 3.22. The van der Waals surface area contributed by atoms with Gasteiger partial charge in [-0.25, -0.2) is 4.79 Å². The van der Waals surface area contributed by atoms with Gasteiger partial charge in [0.1, 0.15) is 0 Å². The van der Waals surface area contributed by atoms with Gasteiger partial charge in [0.2, 0.25) is 11.8 Å². The molecule has 5 nitrogen and oxygen atoms in total. The molecule has 5 heteroatoms. The van der Waals surface area contributed by atoms with E-state index in [9.17, 15) is 4.79 Å². The number of nitrogens with zero attached hydrogens (tertiary/aromatic N) is 2. The predicted molar refractivity (Wildman–Crippen MR) is 80.5 cm³/mol. The summed E-state index contributed by atoms with van der Waals surface area (Å²) >= 11 is 0. The third-order valence-corrected chi connectivity index (χ3v) is 3.32. The molecule has 0 atom stereocenters. The highest BCUT2D eigenvalue weighted by Gasteiger charge is 2.10. The van der Waals surface area contributed by atoms with Crippen LogP contribution in [0.5, 0.6) is 0 Å². The standard InChI is InChI=1S/C17H14N2O3/c20-17(21)14-9-7-13(8-10-14)16-19-18-15(22-16)11-6-12-4-2-1-3-5-12/h1-5,7-10H,6,11H2,(H,20,21). The van der Waals surface area contributed by atoms with Crippen LogP contribution in [0.3, 0.4) is 0 Å². The molecule has 0 aliphatic carbocycles. The second-order valence-electron chi connectivity index (χ2n) is 4.87. The van der Waals surface area contributed by atoms with Crippen molar-refractivity contribution in [1.82, 2.24) is 10.2 Å². The van der Waals surface area contributed by atoms with Crippen LogP contribution in [0.1, 0.15) is 21.8 Å². The lowest BCUT2D eigenvalue weighted by molar-refractivity contribution is 0.0697. The smallest absolute Gasteiger partial charge is 0.335 e. The first-order chi connectivity index (χ1) is 10.7. The Labute approximate surface area is 127 Å². The zero-order valence-electron chi connectivity index (χ0n) is 11.8. The van der Waals surface area contributed by atoms with Gasteiger partial charge in [-0.15, -0.1) is 10.2 Å². The van der Waals surface area contributed by atoms with Gasteiger partial charge in [-0.3, -0.25) is 0 Å². The maximum Gasteiger partial charge on any atom is 0.335 e. The lowest BCUT2D eigenvalue weighted by Gasteiger charge is -1.98. The van der Waals surface area contributed by atoms with Gasteiger partial charge in [-0.2, -0.15) is 0 Å². The molecular weight excluding hydrogens is 280 g/mol. The summed E-state index contributed by atoms with van der Waals surface area (Å²) in [6.07, 6.45) is 1.50. The number of benzene rings is 2. The van der Waals surface area contributed by atoms with Crippen LogP contribution in [-0.4, -0.2) is 21.3 Å². The fraction of sp³-hybridized carbons (Fsp3) is 0.118. The molecule has 0 aliphatic rings. The Balaban J connectivity index is 1.69. The van der Waals surface area contributed by atoms with E-state index in [2.05, 4.69) is 22.3 Å². The summed E-state index contributed by atoms with van der Waals surface area (Å²) in [4.78, 5) is 10.8. The summed E-state index contributed by atoms with van der Waals surface area (Å²) in [5, 5.41) is 16.9. The molecule has 0 spiro atoms. The van der Waals surface area contributed by atoms with Gasteiger partial charge in [0.15, 0.2) is 0 Å². The van der Waals surface area contributed by atoms with Crippen LogP contribution in [0.15, 0.2) is 59.0 Å². The molecule has 0 saturated carbocycles. The van der Waals surface area contributed by atoms with Crippen LogP contribution in [0.25, 0.3) is 11.5 Å². The maximum absolute atomic E-state index is 10.8. The third-order valence-electron chi connectivity index (χ3n) is 3.32. The molecule has 0 bridgehead atoms. The monoisotopic (exact) mass is 294 g/mol. The largest absolute Gasteiger partial charge is 0.478 e. The van der Waals surface area contributed by atoms with E-state index in [4.69, 9.17) is 9.52 Å². The lowest BCUT2D eigenvalue weighted by atomic mass is 10.1. The molecule has 3 aromatic rings. The Morgan fingerprint density at radius 1 is 0.955 bits per heavy atom. The van der Waals surface area contributed by atoms with Crippen molar-refractivity contribution < 1.29 is 14.3 Å². The van der Waals surface area contributed by atoms with E-state index < -0.39 is 5.97 Å². The van der Waals surface area contributed by atoms with Crippen LogP contribution in [-0.2, 0) is 12.8 Å². The molecule has 1 N–H and O–H groups in total. The van der Waals surface area contributed by atoms with Crippen molar-refractivity contribution in [1.29, 1.82) is 0 Å². The molecule has 0 saturated heterocycles. The van der Waals surface area contributed by atoms with Gasteiger partial charge in [-0.1, -0.05) is 30.3 Å². The number of carboxylic acids is 1. The molecule has 0 amide bonds. The molecular formula is C17H14N2O3. The first kappa shape index (κ1) is 14.0. The summed E-state index contributed by atoms with van der Waals surface area (Å²) < 4.78 is 5.62. The Bertz CT molecular complexity index is 764. The highest BCUT2D eigenvalue weighted by molar-refractivity contribution is 5.88. The van der Waals surface area contributed by atoms with Crippen molar-refractivity contribution in [3.8, 4) is 11.5 Å². The van der Waals surface area contributed by atoms with Gasteiger partial charge < -0.3 is 9.52 Å². The molecule has 0 unspecified atom stereocenters. The second-order valence-corrected chi connectivity index (χ2v) is 4.87. The van der Waals surface area contributed by atoms with Crippen molar-refractivity contribution in [3.05, 3.63) is 71.6 Å². The fourth-order valence-corrected chi connectivity index (χ4v) is 2.12. The molecule has 2 aromatic carbocycles. The van der Waals surface area contributed by atoms with Crippen LogP contribution in [0.4, 0.5) is 0 Å². The molecule has 1 aromatic heterocycles. The van der Waals surface area contributed by atoms with Gasteiger partial charge in [0.05, 0.1) is 5.56 Å². The highest BCUT2D eigenvalue weighted by Crippen LogP contribution is 2.19. The fourth-order valence-electron chi connectivity index (χ4n) is 2.12. The molecule has 0 radical (unpaired) electrons. The first-order valence-electron chi connectivity index (χ1n) is 6.92. The van der Waals surface area contributed by atoms with Gasteiger partial charge in [0.25, 0.3) is 0 Å². The van der Waals surface area contributed by atoms with Crippen molar-refractivity contribution in [3.63, 3.8) is 0 Å². The number of aryl methyl sites for hydroxylation is 2. The molecule has 0 aliphatic heterocycles. The second kappa shape index (κ2) is 6.22. The number of carbonyl (C=O) groups is 1. The van der Waals surface area contributed by atoms with Crippen LogP contribution in [0.2, 0.25) is 0 Å². The van der Waals surface area contributed by atoms with Crippen molar-refractivity contribution in [2.45, 2.75) is 12.8 Å². The lowest BCUT2D eigenvalue weighted by Crippen LogP contribution is -1.94. The normalized spacial score (nSPS) is 10.5. The number of rotatable bonds is 5. The Morgan fingerprint density at radius 2 is 1.68 bits per heavy atom. The van der Waals surface area contributed by atoms with Gasteiger partial charge in [0, 0.05) is 12.0 Å². The minimum atomic E-state index is -0.958. The Hall–Kier alpha value is -2.95.